The maximum absolute atomic E-state index is 12.4. The van der Waals surface area contributed by atoms with E-state index in [2.05, 4.69) is 56.0 Å². The van der Waals surface area contributed by atoms with Gasteiger partial charge in [-0.05, 0) is 35.2 Å². The topological polar surface area (TPSA) is 26.3 Å². The van der Waals surface area contributed by atoms with Crippen molar-refractivity contribution in [2.24, 2.45) is 0 Å². The molecule has 1 aliphatic rings. The molecule has 0 aromatic heterocycles. The number of carbonyl (C=O) groups excluding carboxylic acids is 1. The van der Waals surface area contributed by atoms with Crippen molar-refractivity contribution in [1.29, 1.82) is 0 Å². The zero-order chi connectivity index (χ0) is 17.6. The average Bonchev–Trinajstić information content (AvgIpc) is 2.92. The summed E-state index contributed by atoms with van der Waals surface area (Å²) in [5, 5.41) is 2.38. The van der Waals surface area contributed by atoms with E-state index in [0.29, 0.717) is 12.0 Å². The highest BCUT2D eigenvalue weighted by atomic mass is 16.6. The quantitative estimate of drug-likeness (QED) is 0.462. The number of fused-ring (bicyclic) bond motifs is 5. The summed E-state index contributed by atoms with van der Waals surface area (Å²) in [6.45, 7) is 7.50. The van der Waals surface area contributed by atoms with E-state index in [1.54, 1.807) is 6.92 Å². The van der Waals surface area contributed by atoms with Crippen molar-refractivity contribution in [2.45, 2.75) is 25.9 Å². The molecule has 0 fully saturated rings. The van der Waals surface area contributed by atoms with Gasteiger partial charge in [-0.1, -0.05) is 74.2 Å². The van der Waals surface area contributed by atoms with Crippen LogP contribution in [-0.2, 0) is 15.1 Å². The van der Waals surface area contributed by atoms with Crippen LogP contribution in [0.1, 0.15) is 31.4 Å². The van der Waals surface area contributed by atoms with Gasteiger partial charge >= 0.3 is 5.97 Å². The normalized spacial score (nSPS) is 17.8. The van der Waals surface area contributed by atoms with Crippen LogP contribution in [0, 0.1) is 0 Å². The molecule has 2 nitrogen and oxygen atoms in total. The molecule has 0 saturated heterocycles. The third kappa shape index (κ3) is 2.14. The van der Waals surface area contributed by atoms with Gasteiger partial charge in [0.15, 0.2) is 5.60 Å². The Labute approximate surface area is 147 Å². The molecule has 0 spiro atoms. The fourth-order valence-corrected chi connectivity index (χ4v) is 3.90. The van der Waals surface area contributed by atoms with Crippen LogP contribution in [0.2, 0.25) is 0 Å². The third-order valence-electron chi connectivity index (χ3n) is 5.11. The number of rotatable bonds is 3. The van der Waals surface area contributed by atoms with Gasteiger partial charge in [0.2, 0.25) is 0 Å². The molecule has 25 heavy (non-hydrogen) atoms. The number of carbonyl (C=O) groups is 1. The summed E-state index contributed by atoms with van der Waals surface area (Å²) in [6, 6.07) is 20.8. The van der Waals surface area contributed by atoms with E-state index in [0.717, 1.165) is 16.7 Å². The zero-order valence-electron chi connectivity index (χ0n) is 14.5. The van der Waals surface area contributed by atoms with Gasteiger partial charge in [0.25, 0.3) is 0 Å². The Morgan fingerprint density at radius 3 is 2.48 bits per heavy atom. The van der Waals surface area contributed by atoms with Gasteiger partial charge in [-0.2, -0.15) is 0 Å². The summed E-state index contributed by atoms with van der Waals surface area (Å²) in [7, 11) is 0. The minimum Gasteiger partial charge on any atom is -0.446 e. The molecular formula is C23H20O2. The second kappa shape index (κ2) is 5.59. The Bertz CT molecular complexity index is 1020. The largest absolute Gasteiger partial charge is 0.446 e. The van der Waals surface area contributed by atoms with Crippen LogP contribution >= 0.6 is 0 Å². The lowest BCUT2D eigenvalue weighted by atomic mass is 9.87. The van der Waals surface area contributed by atoms with Gasteiger partial charge in [0.1, 0.15) is 0 Å². The number of benzene rings is 3. The second-order valence-electron chi connectivity index (χ2n) is 6.61. The molecule has 0 heterocycles. The van der Waals surface area contributed by atoms with Crippen molar-refractivity contribution in [2.75, 3.05) is 0 Å². The van der Waals surface area contributed by atoms with Crippen LogP contribution in [0.25, 0.3) is 21.9 Å². The van der Waals surface area contributed by atoms with Crippen molar-refractivity contribution in [3.63, 3.8) is 0 Å². The summed E-state index contributed by atoms with van der Waals surface area (Å²) in [5.41, 5.74) is 4.09. The Balaban J connectivity index is 2.07. The Morgan fingerprint density at radius 1 is 1.00 bits per heavy atom. The molecule has 4 rings (SSSR count). The molecule has 0 aliphatic heterocycles. The van der Waals surface area contributed by atoms with Gasteiger partial charge < -0.3 is 4.74 Å². The van der Waals surface area contributed by atoms with Crippen LogP contribution in [0.15, 0.2) is 72.8 Å². The van der Waals surface area contributed by atoms with Gasteiger partial charge in [0.05, 0.1) is 0 Å². The lowest BCUT2D eigenvalue weighted by molar-refractivity contribution is -0.151. The first-order valence-electron chi connectivity index (χ1n) is 8.59. The SMILES string of the molecule is C=C(C)C(=O)OC1(CC)c2ccccc2-c2c1ccc1ccccc21. The van der Waals surface area contributed by atoms with E-state index in [4.69, 9.17) is 4.74 Å². The first-order valence-corrected chi connectivity index (χ1v) is 8.59. The smallest absolute Gasteiger partial charge is 0.334 e. The van der Waals surface area contributed by atoms with Gasteiger partial charge in [-0.3, -0.25) is 0 Å². The van der Waals surface area contributed by atoms with Crippen LogP contribution < -0.4 is 0 Å². The monoisotopic (exact) mass is 328 g/mol. The van der Waals surface area contributed by atoms with E-state index >= 15 is 0 Å². The molecule has 2 heteroatoms. The minimum atomic E-state index is -0.758. The molecule has 0 amide bonds. The van der Waals surface area contributed by atoms with Crippen LogP contribution in [0.4, 0.5) is 0 Å². The standard InChI is InChI=1S/C23H20O2/c1-4-23(25-22(24)15(2)3)19-12-8-7-11-18(19)21-17-10-6-5-9-16(17)13-14-20(21)23/h5-14H,2,4H2,1,3H3. The Kier molecular flexibility index (Phi) is 3.50. The maximum Gasteiger partial charge on any atom is 0.334 e. The lowest BCUT2D eigenvalue weighted by Crippen LogP contribution is -2.31. The van der Waals surface area contributed by atoms with Crippen molar-refractivity contribution in [3.8, 4) is 11.1 Å². The number of hydrogen-bond acceptors (Lipinski definition) is 2. The molecule has 0 saturated carbocycles. The number of esters is 1. The highest BCUT2D eigenvalue weighted by molar-refractivity contribution is 6.02. The molecule has 124 valence electrons. The van der Waals surface area contributed by atoms with Crippen molar-refractivity contribution in [1.82, 2.24) is 0 Å². The van der Waals surface area contributed by atoms with Gasteiger partial charge in [-0.25, -0.2) is 4.79 Å². The number of ether oxygens (including phenoxy) is 1. The van der Waals surface area contributed by atoms with E-state index < -0.39 is 5.60 Å². The Hall–Kier alpha value is -2.87. The van der Waals surface area contributed by atoms with Crippen LogP contribution in [0.5, 0.6) is 0 Å². The predicted octanol–water partition coefficient (Wildman–Crippen LogP) is 5.59. The summed E-state index contributed by atoms with van der Waals surface area (Å²) in [6.07, 6.45) is 0.675. The van der Waals surface area contributed by atoms with Crippen molar-refractivity contribution >= 4 is 16.7 Å². The van der Waals surface area contributed by atoms with Crippen molar-refractivity contribution in [3.05, 3.63) is 83.9 Å². The molecule has 1 atom stereocenters. The number of hydrogen-bond donors (Lipinski definition) is 0. The molecule has 0 N–H and O–H groups in total. The van der Waals surface area contributed by atoms with Gasteiger partial charge in [0, 0.05) is 16.7 Å². The lowest BCUT2D eigenvalue weighted by Gasteiger charge is -2.31. The highest BCUT2D eigenvalue weighted by Gasteiger charge is 2.45. The van der Waals surface area contributed by atoms with E-state index in [1.165, 1.54) is 16.3 Å². The van der Waals surface area contributed by atoms with Crippen LogP contribution in [0.3, 0.4) is 0 Å². The summed E-state index contributed by atoms with van der Waals surface area (Å²) in [5.74, 6) is -0.349. The molecule has 3 aromatic rings. The molecule has 0 radical (unpaired) electrons. The van der Waals surface area contributed by atoms with Crippen molar-refractivity contribution < 1.29 is 9.53 Å². The molecule has 3 aromatic carbocycles. The molecule has 1 unspecified atom stereocenters. The van der Waals surface area contributed by atoms with Crippen LogP contribution in [-0.4, -0.2) is 5.97 Å². The Morgan fingerprint density at radius 2 is 1.72 bits per heavy atom. The summed E-state index contributed by atoms with van der Waals surface area (Å²) >= 11 is 0. The van der Waals surface area contributed by atoms with E-state index in [9.17, 15) is 4.79 Å². The first-order chi connectivity index (χ1) is 12.1. The summed E-state index contributed by atoms with van der Waals surface area (Å²) in [4.78, 5) is 12.4. The maximum atomic E-state index is 12.4. The predicted molar refractivity (Wildman–Crippen MR) is 101 cm³/mol. The molecular weight excluding hydrogens is 308 g/mol. The van der Waals surface area contributed by atoms with E-state index in [-0.39, 0.29) is 5.97 Å². The van der Waals surface area contributed by atoms with E-state index in [1.807, 2.05) is 18.2 Å². The minimum absolute atomic E-state index is 0.349. The van der Waals surface area contributed by atoms with Gasteiger partial charge in [-0.15, -0.1) is 0 Å². The molecule has 0 bridgehead atoms. The summed E-state index contributed by atoms with van der Waals surface area (Å²) < 4.78 is 6.07. The first kappa shape index (κ1) is 15.6. The average molecular weight is 328 g/mol. The molecule has 1 aliphatic carbocycles. The fraction of sp³-hybridized carbons (Fsp3) is 0.174. The third-order valence-corrected chi connectivity index (χ3v) is 5.11. The highest BCUT2D eigenvalue weighted by Crippen LogP contribution is 2.53. The second-order valence-corrected chi connectivity index (χ2v) is 6.61. The fourth-order valence-electron chi connectivity index (χ4n) is 3.90. The zero-order valence-corrected chi connectivity index (χ0v) is 14.5.